The number of nitriles is 1. The lowest BCUT2D eigenvalue weighted by molar-refractivity contribution is -0.0846. The van der Waals surface area contributed by atoms with Crippen LogP contribution < -0.4 is 9.47 Å². The minimum Gasteiger partial charge on any atom is -0.497 e. The number of ether oxygens (including phenoxy) is 4. The van der Waals surface area contributed by atoms with E-state index in [1.165, 1.54) is 6.33 Å². The molecule has 0 saturated carbocycles. The first kappa shape index (κ1) is 39.5. The molecule has 1 fully saturated rings. The zero-order valence-electron chi connectivity index (χ0n) is 31.1. The molecule has 1 aliphatic heterocycles. The zero-order chi connectivity index (χ0) is 38.2. The second-order valence-corrected chi connectivity index (χ2v) is 15.1. The number of nitrogens with zero attached hydrogens (tertiary/aromatic N) is 6. The molecule has 5 atom stereocenters. The van der Waals surface area contributed by atoms with Crippen LogP contribution in [0, 0.1) is 17.2 Å². The minimum atomic E-state index is -1.93. The Hall–Kier alpha value is -4.18. The van der Waals surface area contributed by atoms with Crippen molar-refractivity contribution in [3.05, 3.63) is 113 Å². The molecule has 3 unspecified atom stereocenters. The van der Waals surface area contributed by atoms with E-state index in [2.05, 4.69) is 40.1 Å². The summed E-state index contributed by atoms with van der Waals surface area (Å²) in [6.45, 7) is 6.53. The highest BCUT2D eigenvalue weighted by atomic mass is 35.5. The second kappa shape index (κ2) is 18.0. The summed E-state index contributed by atoms with van der Waals surface area (Å²) in [6, 6.07) is 28.0. The van der Waals surface area contributed by atoms with Crippen molar-refractivity contribution in [2.45, 2.75) is 70.1 Å². The average molecular weight is 773 g/mol. The largest absolute Gasteiger partial charge is 0.497 e. The van der Waals surface area contributed by atoms with Gasteiger partial charge in [-0.3, -0.25) is 4.57 Å². The van der Waals surface area contributed by atoms with Crippen molar-refractivity contribution in [2.75, 3.05) is 27.4 Å². The van der Waals surface area contributed by atoms with Crippen molar-refractivity contribution in [3.8, 4) is 17.6 Å². The Balaban J connectivity index is 1.39. The summed E-state index contributed by atoms with van der Waals surface area (Å²) in [5, 5.41) is 9.31. The van der Waals surface area contributed by atoms with Crippen LogP contribution >= 0.6 is 20.1 Å². The average Bonchev–Trinajstić information content (AvgIpc) is 3.80. The lowest BCUT2D eigenvalue weighted by atomic mass is 9.79. The predicted molar refractivity (Wildman–Crippen MR) is 207 cm³/mol. The van der Waals surface area contributed by atoms with E-state index in [0.717, 1.165) is 28.2 Å². The maximum Gasteiger partial charge on any atom is 0.256 e. The zero-order valence-corrected chi connectivity index (χ0v) is 32.7. The van der Waals surface area contributed by atoms with Crippen molar-refractivity contribution < 1.29 is 28.4 Å². The smallest absolute Gasteiger partial charge is 0.256 e. The third kappa shape index (κ3) is 8.38. The standard InChI is InChI=1S/C40H46ClN6O6P/c1-27(2)47(54(48)52-21-9-20-42)28(3)22-29-23-36(46-26-45-37-38(41)43-25-44-39(37)46)53-35(29)24-51-40(30-10-7-6-8-11-30,31-12-16-33(49-4)17-13-31)32-14-18-34(50-5)19-15-32/h6-8,10-19,25-29,35-36,48H,9,21-24H2,1-5H3/t28?,29?,35-,36-,54?/m1/s1. The number of rotatable bonds is 17. The van der Waals surface area contributed by atoms with Crippen molar-refractivity contribution >= 4 is 31.3 Å². The summed E-state index contributed by atoms with van der Waals surface area (Å²) in [7, 11) is 1.37. The summed E-state index contributed by atoms with van der Waals surface area (Å²) >= 11 is 6.39. The number of hydrogen-bond donors (Lipinski definition) is 1. The SMILES string of the molecule is COc1ccc(C(OC[C@H]2O[C@@H](n3cnc4c(Cl)ncnc43)CC2CC(C)N(C(C)C)P(O)OCCC#N)(c2ccccc2)c2ccc(OC)cc2)cc1. The molecule has 0 aliphatic carbocycles. The van der Waals surface area contributed by atoms with Crippen LogP contribution in [0.4, 0.5) is 0 Å². The van der Waals surface area contributed by atoms with Crippen LogP contribution in [0.15, 0.2) is 91.5 Å². The summed E-state index contributed by atoms with van der Waals surface area (Å²) < 4.78 is 35.0. The van der Waals surface area contributed by atoms with Crippen LogP contribution in [-0.4, -0.2) is 74.7 Å². The number of benzene rings is 3. The summed E-state index contributed by atoms with van der Waals surface area (Å²) in [4.78, 5) is 24.3. The van der Waals surface area contributed by atoms with E-state index >= 15 is 0 Å². The van der Waals surface area contributed by atoms with E-state index in [9.17, 15) is 4.89 Å². The molecule has 54 heavy (non-hydrogen) atoms. The highest BCUT2D eigenvalue weighted by molar-refractivity contribution is 7.43. The van der Waals surface area contributed by atoms with E-state index in [1.807, 2.05) is 89.8 Å². The summed E-state index contributed by atoms with van der Waals surface area (Å²) in [6.07, 6.45) is 3.80. The van der Waals surface area contributed by atoms with Gasteiger partial charge in [-0.25, -0.2) is 19.6 Å². The Morgan fingerprint density at radius 2 is 1.59 bits per heavy atom. The second-order valence-electron chi connectivity index (χ2n) is 13.5. The predicted octanol–water partition coefficient (Wildman–Crippen LogP) is 8.05. The van der Waals surface area contributed by atoms with Gasteiger partial charge in [0.2, 0.25) is 0 Å². The summed E-state index contributed by atoms with van der Waals surface area (Å²) in [5.41, 5.74) is 2.81. The molecule has 14 heteroatoms. The van der Waals surface area contributed by atoms with Crippen molar-refractivity contribution in [1.82, 2.24) is 24.2 Å². The van der Waals surface area contributed by atoms with Crippen LogP contribution in [0.2, 0.25) is 5.15 Å². The monoisotopic (exact) mass is 772 g/mol. The first-order valence-corrected chi connectivity index (χ1v) is 19.5. The van der Waals surface area contributed by atoms with Crippen LogP contribution in [0.1, 0.15) is 63.0 Å². The Bertz CT molecular complexity index is 1950. The third-order valence-corrected chi connectivity index (χ3v) is 11.8. The van der Waals surface area contributed by atoms with Crippen LogP contribution in [0.5, 0.6) is 11.5 Å². The molecular formula is C40H46ClN6O6P. The first-order chi connectivity index (χ1) is 26.2. The van der Waals surface area contributed by atoms with E-state index < -0.39 is 20.4 Å². The molecule has 1 saturated heterocycles. The molecular weight excluding hydrogens is 727 g/mol. The number of methoxy groups -OCH3 is 2. The van der Waals surface area contributed by atoms with Gasteiger partial charge in [0.05, 0.1) is 52.4 Å². The molecule has 1 N–H and O–H groups in total. The Morgan fingerprint density at radius 1 is 0.963 bits per heavy atom. The quantitative estimate of drug-likeness (QED) is 0.0426. The van der Waals surface area contributed by atoms with Gasteiger partial charge in [0.1, 0.15) is 35.2 Å². The Morgan fingerprint density at radius 3 is 2.19 bits per heavy atom. The van der Waals surface area contributed by atoms with E-state index in [1.54, 1.807) is 20.5 Å². The molecule has 3 aromatic carbocycles. The van der Waals surface area contributed by atoms with Crippen LogP contribution in [-0.2, 0) is 19.6 Å². The molecule has 12 nitrogen and oxygen atoms in total. The maximum absolute atomic E-state index is 11.2. The minimum absolute atomic E-state index is 0.0154. The molecule has 3 heterocycles. The fourth-order valence-corrected chi connectivity index (χ4v) is 8.75. The van der Waals surface area contributed by atoms with Crippen LogP contribution in [0.25, 0.3) is 11.2 Å². The highest BCUT2D eigenvalue weighted by Gasteiger charge is 2.44. The van der Waals surface area contributed by atoms with Crippen molar-refractivity contribution in [1.29, 1.82) is 5.26 Å². The van der Waals surface area contributed by atoms with Crippen molar-refractivity contribution in [2.24, 2.45) is 5.92 Å². The van der Waals surface area contributed by atoms with Gasteiger partial charge in [0.15, 0.2) is 10.8 Å². The molecule has 0 spiro atoms. The molecule has 0 bridgehead atoms. The lowest BCUT2D eigenvalue weighted by Crippen LogP contribution is -2.39. The number of aromatic nitrogens is 4. The van der Waals surface area contributed by atoms with Gasteiger partial charge in [0.25, 0.3) is 8.53 Å². The van der Waals surface area contributed by atoms with Gasteiger partial charge in [0, 0.05) is 12.1 Å². The van der Waals surface area contributed by atoms with E-state index in [4.69, 9.17) is 40.3 Å². The normalized spacial score (nSPS) is 18.6. The molecule has 5 aromatic rings. The first-order valence-electron chi connectivity index (χ1n) is 17.9. The van der Waals surface area contributed by atoms with E-state index in [0.29, 0.717) is 24.0 Å². The fraction of sp³-hybridized carbons (Fsp3) is 0.400. The van der Waals surface area contributed by atoms with Gasteiger partial charge < -0.3 is 28.4 Å². The maximum atomic E-state index is 11.2. The number of hydrogen-bond acceptors (Lipinski definition) is 11. The topological polar surface area (TPSA) is 137 Å². The molecule has 1 aliphatic rings. The molecule has 0 amide bonds. The Labute approximate surface area is 322 Å². The van der Waals surface area contributed by atoms with Gasteiger partial charge in [-0.1, -0.05) is 66.2 Å². The van der Waals surface area contributed by atoms with Crippen molar-refractivity contribution in [3.63, 3.8) is 0 Å². The van der Waals surface area contributed by atoms with Crippen LogP contribution in [0.3, 0.4) is 0 Å². The highest BCUT2D eigenvalue weighted by Crippen LogP contribution is 2.47. The fourth-order valence-electron chi connectivity index (χ4n) is 7.36. The van der Waals surface area contributed by atoms with Gasteiger partial charge in [-0.2, -0.15) is 5.26 Å². The molecule has 0 radical (unpaired) electrons. The van der Waals surface area contributed by atoms with Gasteiger partial charge in [-0.15, -0.1) is 0 Å². The van der Waals surface area contributed by atoms with E-state index in [-0.39, 0.29) is 48.9 Å². The molecule has 2 aromatic heterocycles. The number of fused-ring (bicyclic) bond motifs is 1. The molecule has 284 valence electrons. The summed E-state index contributed by atoms with van der Waals surface area (Å²) in [5.74, 6) is 1.44. The third-order valence-electron chi connectivity index (χ3n) is 9.87. The Kier molecular flexibility index (Phi) is 13.1. The number of imidazole rings is 1. The molecule has 6 rings (SSSR count). The lowest BCUT2D eigenvalue weighted by Gasteiger charge is -2.38. The van der Waals surface area contributed by atoms with Gasteiger partial charge in [-0.05, 0) is 80.5 Å². The number of halogens is 1. The van der Waals surface area contributed by atoms with Gasteiger partial charge >= 0.3 is 0 Å².